The van der Waals surface area contributed by atoms with Crippen LogP contribution in [0.3, 0.4) is 0 Å². The van der Waals surface area contributed by atoms with Gasteiger partial charge in [-0.1, -0.05) is 24.4 Å². The predicted molar refractivity (Wildman–Crippen MR) is 122 cm³/mol. The zero-order valence-electron chi connectivity index (χ0n) is 17.0. The molecule has 0 spiro atoms. The quantitative estimate of drug-likeness (QED) is 0.660. The molecule has 1 aromatic heterocycles. The number of hydrogen-bond acceptors (Lipinski definition) is 5. The van der Waals surface area contributed by atoms with Gasteiger partial charge in [0.25, 0.3) is 0 Å². The minimum absolute atomic E-state index is 0.215. The summed E-state index contributed by atoms with van der Waals surface area (Å²) >= 11 is 6.77. The number of ether oxygens (including phenoxy) is 1. The molecule has 2 aliphatic heterocycles. The lowest BCUT2D eigenvalue weighted by Crippen LogP contribution is -2.33. The fourth-order valence-electron chi connectivity index (χ4n) is 4.14. The molecule has 0 bridgehead atoms. The van der Waals surface area contributed by atoms with Crippen LogP contribution < -0.4 is 10.2 Å². The topological polar surface area (TPSA) is 44.8 Å². The molecular weight excluding hydrogens is 421 g/mol. The third-order valence-electron chi connectivity index (χ3n) is 5.74. The Morgan fingerprint density at radius 1 is 1.33 bits per heavy atom. The van der Waals surface area contributed by atoms with Crippen LogP contribution in [-0.4, -0.2) is 48.3 Å². The number of amides is 1. The Bertz CT molecular complexity index is 898. The van der Waals surface area contributed by atoms with E-state index in [-0.39, 0.29) is 17.8 Å². The molecule has 0 saturated carbocycles. The van der Waals surface area contributed by atoms with E-state index in [0.717, 1.165) is 38.0 Å². The molecule has 2 aromatic rings. The lowest BCUT2D eigenvalue weighted by Gasteiger charge is -2.32. The molecule has 1 amide bonds. The van der Waals surface area contributed by atoms with Crippen molar-refractivity contribution >= 4 is 40.3 Å². The molecule has 2 fully saturated rings. The van der Waals surface area contributed by atoms with Crippen LogP contribution in [0, 0.1) is 5.82 Å². The van der Waals surface area contributed by atoms with Crippen molar-refractivity contribution in [1.82, 2.24) is 10.2 Å². The van der Waals surface area contributed by atoms with Crippen molar-refractivity contribution in [3.05, 3.63) is 52.0 Å². The van der Waals surface area contributed by atoms with E-state index < -0.39 is 6.09 Å². The summed E-state index contributed by atoms with van der Waals surface area (Å²) in [5.41, 5.74) is 1.29. The first-order valence-corrected chi connectivity index (χ1v) is 11.5. The van der Waals surface area contributed by atoms with E-state index in [2.05, 4.69) is 27.7 Å². The van der Waals surface area contributed by atoms with Crippen LogP contribution in [0.4, 0.5) is 14.9 Å². The van der Waals surface area contributed by atoms with E-state index in [1.807, 2.05) is 12.1 Å². The molecular formula is C22H26FN3O2S2. The first kappa shape index (κ1) is 21.2. The molecule has 8 heteroatoms. The molecule has 0 radical (unpaired) electrons. The van der Waals surface area contributed by atoms with Crippen molar-refractivity contribution in [3.8, 4) is 0 Å². The SMILES string of the molecule is CC(=S)NC[C@H]1CN(c2ccc(C3CCN(Cc4cccs4)CC3)c(F)c2)C(=O)O1. The second kappa shape index (κ2) is 9.41. The van der Waals surface area contributed by atoms with Crippen molar-refractivity contribution in [3.63, 3.8) is 0 Å². The van der Waals surface area contributed by atoms with Crippen LogP contribution in [0.1, 0.15) is 36.1 Å². The molecule has 3 heterocycles. The van der Waals surface area contributed by atoms with E-state index >= 15 is 0 Å². The highest BCUT2D eigenvalue weighted by molar-refractivity contribution is 7.80. The molecule has 0 unspecified atom stereocenters. The lowest BCUT2D eigenvalue weighted by molar-refractivity contribution is 0.143. The average Bonchev–Trinajstić information content (AvgIpc) is 3.36. The predicted octanol–water partition coefficient (Wildman–Crippen LogP) is 4.53. The summed E-state index contributed by atoms with van der Waals surface area (Å²) in [4.78, 5) is 18.2. The Kier molecular flexibility index (Phi) is 6.65. The molecule has 1 aromatic carbocycles. The maximum atomic E-state index is 14.9. The second-order valence-corrected chi connectivity index (χ2v) is 9.53. The van der Waals surface area contributed by atoms with Gasteiger partial charge in [0, 0.05) is 11.4 Å². The van der Waals surface area contributed by atoms with Crippen LogP contribution >= 0.6 is 23.6 Å². The van der Waals surface area contributed by atoms with E-state index in [0.29, 0.717) is 23.8 Å². The Morgan fingerprint density at radius 3 is 2.80 bits per heavy atom. The molecule has 1 N–H and O–H groups in total. The average molecular weight is 448 g/mol. The summed E-state index contributed by atoms with van der Waals surface area (Å²) in [6, 6.07) is 9.38. The number of thiophene rings is 1. The normalized spacial score (nSPS) is 20.4. The molecule has 2 aliphatic rings. The summed E-state index contributed by atoms with van der Waals surface area (Å²) in [5, 5.41) is 5.11. The van der Waals surface area contributed by atoms with Gasteiger partial charge in [-0.05, 0) is 67.9 Å². The third kappa shape index (κ3) is 4.99. The van der Waals surface area contributed by atoms with Gasteiger partial charge in [0.15, 0.2) is 0 Å². The number of piperidine rings is 1. The van der Waals surface area contributed by atoms with Crippen molar-refractivity contribution in [1.29, 1.82) is 0 Å². The van der Waals surface area contributed by atoms with Crippen molar-refractivity contribution in [2.24, 2.45) is 0 Å². The third-order valence-corrected chi connectivity index (χ3v) is 6.74. The molecule has 0 aliphatic carbocycles. The number of carbonyl (C=O) groups excluding carboxylic acids is 1. The van der Waals surface area contributed by atoms with Crippen molar-refractivity contribution < 1.29 is 13.9 Å². The van der Waals surface area contributed by atoms with E-state index in [1.54, 1.807) is 18.3 Å². The largest absolute Gasteiger partial charge is 0.442 e. The van der Waals surface area contributed by atoms with Crippen LogP contribution in [0.25, 0.3) is 0 Å². The van der Waals surface area contributed by atoms with Crippen LogP contribution in [0.15, 0.2) is 35.7 Å². The number of thiocarbonyl (C=S) groups is 1. The molecule has 5 nitrogen and oxygen atoms in total. The Balaban J connectivity index is 1.35. The first-order valence-electron chi connectivity index (χ1n) is 10.3. The first-order chi connectivity index (χ1) is 14.5. The fraction of sp³-hybridized carbons (Fsp3) is 0.455. The highest BCUT2D eigenvalue weighted by Gasteiger charge is 2.33. The van der Waals surface area contributed by atoms with Crippen LogP contribution in [0.2, 0.25) is 0 Å². The Hall–Kier alpha value is -2.03. The summed E-state index contributed by atoms with van der Waals surface area (Å²) in [7, 11) is 0. The monoisotopic (exact) mass is 447 g/mol. The van der Waals surface area contributed by atoms with E-state index in [4.69, 9.17) is 17.0 Å². The minimum Gasteiger partial charge on any atom is -0.442 e. The van der Waals surface area contributed by atoms with Gasteiger partial charge < -0.3 is 10.1 Å². The highest BCUT2D eigenvalue weighted by Crippen LogP contribution is 2.33. The van der Waals surface area contributed by atoms with Crippen LogP contribution in [-0.2, 0) is 11.3 Å². The molecule has 4 rings (SSSR count). The maximum Gasteiger partial charge on any atom is 0.414 e. The maximum absolute atomic E-state index is 14.9. The van der Waals surface area contributed by atoms with Gasteiger partial charge in [0.2, 0.25) is 0 Å². The number of cyclic esters (lactones) is 1. The standard InChI is InChI=1S/C22H26FN3O2S2/c1-15(29)24-12-18-13-26(22(27)28-18)17-4-5-20(21(23)11-17)16-6-8-25(9-7-16)14-19-3-2-10-30-19/h2-5,10-11,16,18H,6-9,12-14H2,1H3,(H,24,29)/t18-/m0/s1. The molecule has 1 atom stereocenters. The van der Waals surface area contributed by atoms with Crippen molar-refractivity contribution in [2.75, 3.05) is 31.1 Å². The van der Waals surface area contributed by atoms with Gasteiger partial charge >= 0.3 is 6.09 Å². The summed E-state index contributed by atoms with van der Waals surface area (Å²) < 4.78 is 20.3. The van der Waals surface area contributed by atoms with Gasteiger partial charge in [0.05, 0.1) is 23.8 Å². The molecule has 30 heavy (non-hydrogen) atoms. The second-order valence-electron chi connectivity index (χ2n) is 7.89. The Labute approximate surface area is 185 Å². The summed E-state index contributed by atoms with van der Waals surface area (Å²) in [6.07, 6.45) is 1.14. The summed E-state index contributed by atoms with van der Waals surface area (Å²) in [6.45, 7) is 5.54. The molecule has 2 saturated heterocycles. The fourth-order valence-corrected chi connectivity index (χ4v) is 4.97. The van der Waals surface area contributed by atoms with Gasteiger partial charge in [-0.3, -0.25) is 9.80 Å². The van der Waals surface area contributed by atoms with E-state index in [9.17, 15) is 9.18 Å². The molecule has 160 valence electrons. The number of likely N-dealkylation sites (tertiary alicyclic amines) is 1. The number of nitrogens with one attached hydrogen (secondary N) is 1. The lowest BCUT2D eigenvalue weighted by atomic mass is 9.89. The number of halogens is 1. The van der Waals surface area contributed by atoms with Crippen LogP contribution in [0.5, 0.6) is 0 Å². The number of nitrogens with zero attached hydrogens (tertiary/aromatic N) is 2. The zero-order valence-corrected chi connectivity index (χ0v) is 18.6. The van der Waals surface area contributed by atoms with Gasteiger partial charge in [-0.25, -0.2) is 9.18 Å². The van der Waals surface area contributed by atoms with Crippen molar-refractivity contribution in [2.45, 2.75) is 38.3 Å². The number of hydrogen-bond donors (Lipinski definition) is 1. The smallest absolute Gasteiger partial charge is 0.414 e. The summed E-state index contributed by atoms with van der Waals surface area (Å²) in [5.74, 6) is -0.0278. The Morgan fingerprint density at radius 2 is 2.13 bits per heavy atom. The number of benzene rings is 1. The van der Waals surface area contributed by atoms with Gasteiger partial charge in [-0.15, -0.1) is 11.3 Å². The zero-order chi connectivity index (χ0) is 21.1. The van der Waals surface area contributed by atoms with Gasteiger partial charge in [0.1, 0.15) is 11.9 Å². The number of carbonyl (C=O) groups is 1. The number of rotatable bonds is 6. The highest BCUT2D eigenvalue weighted by atomic mass is 32.1. The van der Waals surface area contributed by atoms with E-state index in [1.165, 1.54) is 15.8 Å². The minimum atomic E-state index is -0.446. The number of anilines is 1. The van der Waals surface area contributed by atoms with Gasteiger partial charge in [-0.2, -0.15) is 0 Å².